The lowest BCUT2D eigenvalue weighted by Crippen LogP contribution is -2.30. The van der Waals surface area contributed by atoms with Gasteiger partial charge in [0.1, 0.15) is 10.9 Å². The fourth-order valence-corrected chi connectivity index (χ4v) is 7.02. The molecule has 0 radical (unpaired) electrons. The summed E-state index contributed by atoms with van der Waals surface area (Å²) in [7, 11) is 0. The summed E-state index contributed by atoms with van der Waals surface area (Å²) >= 11 is 15.2. The zero-order valence-corrected chi connectivity index (χ0v) is 29.3. The molecule has 3 N–H and O–H groups in total. The highest BCUT2D eigenvalue weighted by atomic mass is 35.5. The van der Waals surface area contributed by atoms with Crippen LogP contribution < -0.4 is 16.0 Å². The number of hydrogen-bond acceptors (Lipinski definition) is 6. The number of benzene rings is 5. The van der Waals surface area contributed by atoms with Gasteiger partial charge in [-0.1, -0.05) is 108 Å². The van der Waals surface area contributed by atoms with E-state index in [0.29, 0.717) is 32.0 Å². The molecule has 0 aliphatic heterocycles. The third-order valence-electron chi connectivity index (χ3n) is 7.30. The van der Waals surface area contributed by atoms with Crippen LogP contribution in [0.1, 0.15) is 26.7 Å². The molecule has 1 heterocycles. The Labute approximate surface area is 307 Å². The molecule has 3 amide bonds. The van der Waals surface area contributed by atoms with E-state index in [1.165, 1.54) is 29.2 Å². The van der Waals surface area contributed by atoms with E-state index in [1.807, 2.05) is 78.2 Å². The van der Waals surface area contributed by atoms with Crippen LogP contribution in [0.2, 0.25) is 10.0 Å². The lowest BCUT2D eigenvalue weighted by Gasteiger charge is -2.17. The highest BCUT2D eigenvalue weighted by Gasteiger charge is 2.24. The molecule has 248 valence electrons. The van der Waals surface area contributed by atoms with Crippen molar-refractivity contribution >= 4 is 80.9 Å². The maximum absolute atomic E-state index is 13.7. The average molecular weight is 736 g/mol. The van der Waals surface area contributed by atoms with E-state index < -0.39 is 17.1 Å². The van der Waals surface area contributed by atoms with Gasteiger partial charge in [0.05, 0.1) is 5.69 Å². The van der Waals surface area contributed by atoms with Crippen LogP contribution in [0.5, 0.6) is 0 Å². The molecule has 1 atom stereocenters. The molecule has 5 aromatic carbocycles. The predicted octanol–water partition coefficient (Wildman–Crippen LogP) is 10.00. The molecule has 1 aromatic heterocycles. The first-order valence-corrected chi connectivity index (χ1v) is 17.8. The number of thiazole rings is 1. The molecular formula is C39H28Cl2N4O3S2. The van der Waals surface area contributed by atoms with Crippen molar-refractivity contribution < 1.29 is 14.4 Å². The molecule has 7 nitrogen and oxygen atoms in total. The summed E-state index contributed by atoms with van der Waals surface area (Å²) in [5, 5.41) is 11.2. The third-order valence-corrected chi connectivity index (χ3v) is 9.89. The molecule has 0 aliphatic rings. The summed E-state index contributed by atoms with van der Waals surface area (Å²) in [5.41, 5.74) is 3.95. The third kappa shape index (κ3) is 9.07. The van der Waals surface area contributed by atoms with Gasteiger partial charge in [0.25, 0.3) is 11.8 Å². The summed E-state index contributed by atoms with van der Waals surface area (Å²) in [6, 6.07) is 39.9. The van der Waals surface area contributed by atoms with Gasteiger partial charge in [-0.15, -0.1) is 23.1 Å². The van der Waals surface area contributed by atoms with Crippen molar-refractivity contribution in [1.29, 1.82) is 0 Å². The van der Waals surface area contributed by atoms with Crippen molar-refractivity contribution in [2.75, 3.05) is 10.6 Å². The maximum atomic E-state index is 13.7. The van der Waals surface area contributed by atoms with E-state index >= 15 is 0 Å². The zero-order valence-electron chi connectivity index (χ0n) is 26.2. The zero-order chi connectivity index (χ0) is 34.9. The topological polar surface area (TPSA) is 100 Å². The van der Waals surface area contributed by atoms with Crippen LogP contribution in [-0.4, -0.2) is 22.7 Å². The number of thioether (sulfide) groups is 1. The Hall–Kier alpha value is -5.19. The Kier molecular flexibility index (Phi) is 11.4. The van der Waals surface area contributed by atoms with E-state index in [1.54, 1.807) is 60.7 Å². The standard InChI is InChI=1S/C39H28Cl2N4O3S2/c40-29-17-16-28(32(41)23-29)22-33(43-36(46)27-14-8-3-9-15-27)37(47)42-30-18-20-31(21-19-30)50-35(26-12-6-2-7-13-26)38(48)45-39-44-34(24-49-39)25-10-4-1-5-11-25/h1-24,35H,(H,42,47)(H,43,46)(H,44,45,48)/b33-22-. The van der Waals surface area contributed by atoms with Crippen molar-refractivity contribution in [2.24, 2.45) is 0 Å². The Bertz CT molecular complexity index is 2140. The van der Waals surface area contributed by atoms with Gasteiger partial charge in [-0.25, -0.2) is 4.98 Å². The molecule has 50 heavy (non-hydrogen) atoms. The SMILES string of the molecule is O=C(Nc1ccc(SC(C(=O)Nc2nc(-c3ccccc3)cs2)c2ccccc2)cc1)/C(=C/c1ccc(Cl)cc1Cl)NC(=O)c1ccccc1. The van der Waals surface area contributed by atoms with Crippen LogP contribution in [0.3, 0.4) is 0 Å². The molecule has 11 heteroatoms. The normalized spacial score (nSPS) is 11.8. The average Bonchev–Trinajstić information content (AvgIpc) is 3.61. The number of amides is 3. The fourth-order valence-electron chi connectivity index (χ4n) is 4.81. The number of hydrogen-bond donors (Lipinski definition) is 3. The van der Waals surface area contributed by atoms with Gasteiger partial charge in [-0.05, 0) is 65.7 Å². The summed E-state index contributed by atoms with van der Waals surface area (Å²) in [6.45, 7) is 0. The fraction of sp³-hybridized carbons (Fsp3) is 0.0256. The van der Waals surface area contributed by atoms with Gasteiger partial charge in [0.2, 0.25) is 5.91 Å². The second kappa shape index (κ2) is 16.5. The number of halogens is 2. The lowest BCUT2D eigenvalue weighted by atomic mass is 10.1. The molecule has 6 aromatic rings. The van der Waals surface area contributed by atoms with E-state index in [-0.39, 0.29) is 11.6 Å². The minimum absolute atomic E-state index is 0.0139. The van der Waals surface area contributed by atoms with Crippen LogP contribution in [-0.2, 0) is 9.59 Å². The van der Waals surface area contributed by atoms with Gasteiger partial charge < -0.3 is 16.0 Å². The summed E-state index contributed by atoms with van der Waals surface area (Å²) in [4.78, 5) is 45.6. The first kappa shape index (κ1) is 34.7. The van der Waals surface area contributed by atoms with Crippen molar-refractivity contribution in [3.05, 3.63) is 171 Å². The molecular weight excluding hydrogens is 707 g/mol. The number of nitrogens with one attached hydrogen (secondary N) is 3. The number of nitrogens with zero attached hydrogens (tertiary/aromatic N) is 1. The minimum Gasteiger partial charge on any atom is -0.321 e. The number of carbonyl (C=O) groups is 3. The Morgan fingerprint density at radius 3 is 2.10 bits per heavy atom. The Morgan fingerprint density at radius 2 is 1.42 bits per heavy atom. The molecule has 0 saturated carbocycles. The molecule has 0 aliphatic carbocycles. The molecule has 0 fully saturated rings. The van der Waals surface area contributed by atoms with Crippen LogP contribution >= 0.6 is 46.3 Å². The lowest BCUT2D eigenvalue weighted by molar-refractivity contribution is -0.116. The monoisotopic (exact) mass is 734 g/mol. The summed E-state index contributed by atoms with van der Waals surface area (Å²) in [5.74, 6) is -1.22. The number of anilines is 2. The van der Waals surface area contributed by atoms with Gasteiger partial charge in [0.15, 0.2) is 5.13 Å². The summed E-state index contributed by atoms with van der Waals surface area (Å²) < 4.78 is 0. The second-order valence-electron chi connectivity index (χ2n) is 10.8. The van der Waals surface area contributed by atoms with Crippen LogP contribution in [0.25, 0.3) is 17.3 Å². The van der Waals surface area contributed by atoms with Crippen molar-refractivity contribution in [2.45, 2.75) is 10.1 Å². The minimum atomic E-state index is -0.576. The largest absolute Gasteiger partial charge is 0.321 e. The van der Waals surface area contributed by atoms with Gasteiger partial charge in [-0.3, -0.25) is 14.4 Å². The molecule has 0 spiro atoms. The van der Waals surface area contributed by atoms with E-state index in [9.17, 15) is 14.4 Å². The maximum Gasteiger partial charge on any atom is 0.272 e. The number of aromatic nitrogens is 1. The quantitative estimate of drug-likeness (QED) is 0.0909. The number of carbonyl (C=O) groups excluding carboxylic acids is 3. The van der Waals surface area contributed by atoms with Crippen molar-refractivity contribution in [3.8, 4) is 11.3 Å². The van der Waals surface area contributed by atoms with E-state index in [2.05, 4.69) is 20.9 Å². The van der Waals surface area contributed by atoms with Gasteiger partial charge in [0, 0.05) is 37.1 Å². The van der Waals surface area contributed by atoms with Gasteiger partial charge >= 0.3 is 0 Å². The van der Waals surface area contributed by atoms with Crippen LogP contribution in [0.4, 0.5) is 10.8 Å². The first-order valence-electron chi connectivity index (χ1n) is 15.3. The van der Waals surface area contributed by atoms with Crippen LogP contribution in [0.15, 0.2) is 149 Å². The van der Waals surface area contributed by atoms with E-state index in [4.69, 9.17) is 23.2 Å². The van der Waals surface area contributed by atoms with Crippen LogP contribution in [0, 0.1) is 0 Å². The predicted molar refractivity (Wildman–Crippen MR) is 205 cm³/mol. The summed E-state index contributed by atoms with van der Waals surface area (Å²) in [6.07, 6.45) is 1.49. The molecule has 0 bridgehead atoms. The number of rotatable bonds is 11. The Balaban J connectivity index is 1.18. The second-order valence-corrected chi connectivity index (χ2v) is 13.7. The molecule has 1 unspecified atom stereocenters. The van der Waals surface area contributed by atoms with E-state index in [0.717, 1.165) is 21.7 Å². The smallest absolute Gasteiger partial charge is 0.272 e. The van der Waals surface area contributed by atoms with Crippen molar-refractivity contribution in [3.63, 3.8) is 0 Å². The molecule has 6 rings (SSSR count). The Morgan fingerprint density at radius 1 is 0.760 bits per heavy atom. The van der Waals surface area contributed by atoms with Crippen molar-refractivity contribution in [1.82, 2.24) is 10.3 Å². The highest BCUT2D eigenvalue weighted by molar-refractivity contribution is 8.00. The molecule has 0 saturated heterocycles. The first-order chi connectivity index (χ1) is 24.3. The van der Waals surface area contributed by atoms with Gasteiger partial charge in [-0.2, -0.15) is 0 Å². The highest BCUT2D eigenvalue weighted by Crippen LogP contribution is 2.37.